The molecule has 0 aliphatic carbocycles. The molecule has 0 N–H and O–H groups in total. The first-order valence-electron chi connectivity index (χ1n) is 6.90. The van der Waals surface area contributed by atoms with E-state index in [1.165, 1.54) is 6.92 Å². The second-order valence-corrected chi connectivity index (χ2v) is 6.82. The van der Waals surface area contributed by atoms with E-state index in [1.807, 2.05) is 19.1 Å². The summed E-state index contributed by atoms with van der Waals surface area (Å²) in [7, 11) is -1.43. The topological polar surface area (TPSA) is 57.9 Å². The Kier molecular flexibility index (Phi) is 4.58. The molecular formula is C18H17NO2S. The largest absolute Gasteiger partial charge is 0.298 e. The minimum absolute atomic E-state index is 0.261. The van der Waals surface area contributed by atoms with E-state index in [0.717, 1.165) is 5.56 Å². The van der Waals surface area contributed by atoms with Crippen LogP contribution >= 0.6 is 0 Å². The Morgan fingerprint density at radius 2 is 1.73 bits per heavy atom. The third-order valence-electron chi connectivity index (χ3n) is 3.79. The Balaban J connectivity index is 2.58. The molecule has 4 heteroatoms. The van der Waals surface area contributed by atoms with Crippen molar-refractivity contribution in [3.8, 4) is 6.07 Å². The number of carbonyl (C=O) groups excluding carboxylic acids is 1. The summed E-state index contributed by atoms with van der Waals surface area (Å²) < 4.78 is 12.9. The van der Waals surface area contributed by atoms with Crippen LogP contribution in [0.3, 0.4) is 0 Å². The highest BCUT2D eigenvalue weighted by Crippen LogP contribution is 2.31. The molecule has 0 bridgehead atoms. The number of Topliss-reactive ketones (excluding diaryl/α,β-unsaturated/α-hetero) is 1. The van der Waals surface area contributed by atoms with Crippen molar-refractivity contribution in [2.45, 2.75) is 36.0 Å². The lowest BCUT2D eigenvalue weighted by atomic mass is 9.80. The second-order valence-electron chi connectivity index (χ2n) is 5.37. The fraction of sp³-hybridized carbons (Fsp3) is 0.222. The number of ketones is 1. The highest BCUT2D eigenvalue weighted by molar-refractivity contribution is 7.85. The summed E-state index contributed by atoms with van der Waals surface area (Å²) in [5.41, 5.74) is 0.292. The number of nitrogens with zero attached hydrogens (tertiary/aromatic N) is 1. The Bertz CT molecular complexity index is 774. The van der Waals surface area contributed by atoms with E-state index in [0.29, 0.717) is 15.4 Å². The van der Waals surface area contributed by atoms with Crippen LogP contribution < -0.4 is 0 Å². The molecule has 0 unspecified atom stereocenters. The summed E-state index contributed by atoms with van der Waals surface area (Å²) in [5, 5.41) is 9.45. The first kappa shape index (κ1) is 16.1. The molecule has 2 aromatic carbocycles. The molecule has 0 saturated carbocycles. The van der Waals surface area contributed by atoms with E-state index in [4.69, 9.17) is 0 Å². The quantitative estimate of drug-likeness (QED) is 0.868. The van der Waals surface area contributed by atoms with Gasteiger partial charge in [0.1, 0.15) is 5.41 Å². The number of carbonyl (C=O) groups is 1. The van der Waals surface area contributed by atoms with Crippen LogP contribution in [0, 0.1) is 18.3 Å². The fourth-order valence-corrected chi connectivity index (χ4v) is 3.47. The monoisotopic (exact) mass is 311 g/mol. The zero-order valence-corrected chi connectivity index (χ0v) is 13.6. The summed E-state index contributed by atoms with van der Waals surface area (Å²) in [6, 6.07) is 16.4. The summed E-state index contributed by atoms with van der Waals surface area (Å²) in [5.74, 6) is -0.261. The van der Waals surface area contributed by atoms with E-state index in [9.17, 15) is 14.3 Å². The second kappa shape index (κ2) is 6.25. The van der Waals surface area contributed by atoms with Gasteiger partial charge in [-0.15, -0.1) is 0 Å². The van der Waals surface area contributed by atoms with Crippen LogP contribution in [0.1, 0.15) is 25.0 Å². The first-order valence-corrected chi connectivity index (χ1v) is 8.05. The molecule has 0 fully saturated rings. The van der Waals surface area contributed by atoms with Crippen LogP contribution in [-0.2, 0) is 21.0 Å². The molecule has 0 saturated heterocycles. The van der Waals surface area contributed by atoms with Crippen LogP contribution in [0.4, 0.5) is 0 Å². The Hall–Kier alpha value is -2.25. The number of hydrogen-bond donors (Lipinski definition) is 0. The van der Waals surface area contributed by atoms with Crippen molar-refractivity contribution >= 4 is 16.6 Å². The molecular weight excluding hydrogens is 294 g/mol. The maximum absolute atomic E-state index is 12.9. The summed E-state index contributed by atoms with van der Waals surface area (Å²) in [6.45, 7) is 4.92. The number of aryl methyl sites for hydroxylation is 1. The molecule has 0 heterocycles. The number of benzene rings is 2. The first-order chi connectivity index (χ1) is 10.4. The average molecular weight is 311 g/mol. The van der Waals surface area contributed by atoms with E-state index in [1.54, 1.807) is 43.3 Å². The predicted octanol–water partition coefficient (Wildman–Crippen LogP) is 3.53. The zero-order valence-electron chi connectivity index (χ0n) is 12.8. The van der Waals surface area contributed by atoms with Gasteiger partial charge in [-0.05, 0) is 44.5 Å². The molecule has 3 nitrogen and oxygen atoms in total. The van der Waals surface area contributed by atoms with Gasteiger partial charge >= 0.3 is 0 Å². The van der Waals surface area contributed by atoms with Gasteiger partial charge in [0, 0.05) is 9.79 Å². The SMILES string of the molecule is CC(=O)[C@@](C)(C#N)c1ccccc1[S@@](=O)c1ccc(C)cc1. The maximum atomic E-state index is 12.9. The van der Waals surface area contributed by atoms with Gasteiger partial charge < -0.3 is 0 Å². The molecule has 0 spiro atoms. The van der Waals surface area contributed by atoms with Crippen molar-refractivity contribution in [3.05, 3.63) is 59.7 Å². The molecule has 0 aromatic heterocycles. The van der Waals surface area contributed by atoms with Crippen molar-refractivity contribution < 1.29 is 9.00 Å². The summed E-state index contributed by atoms with van der Waals surface area (Å²) in [6.07, 6.45) is 0. The van der Waals surface area contributed by atoms with E-state index in [-0.39, 0.29) is 5.78 Å². The number of nitriles is 1. The Morgan fingerprint density at radius 3 is 2.27 bits per heavy atom. The third-order valence-corrected chi connectivity index (χ3v) is 5.24. The number of hydrogen-bond acceptors (Lipinski definition) is 3. The highest BCUT2D eigenvalue weighted by atomic mass is 32.2. The molecule has 0 radical (unpaired) electrons. The Labute approximate surface area is 133 Å². The lowest BCUT2D eigenvalue weighted by Gasteiger charge is -2.21. The van der Waals surface area contributed by atoms with Crippen molar-refractivity contribution in [2.24, 2.45) is 0 Å². The van der Waals surface area contributed by atoms with Gasteiger partial charge in [-0.3, -0.25) is 4.79 Å². The van der Waals surface area contributed by atoms with Gasteiger partial charge in [-0.2, -0.15) is 5.26 Å². The molecule has 0 aliphatic heterocycles. The standard InChI is InChI=1S/C18H17NO2S/c1-13-8-10-15(11-9-13)22(21)17-7-5-4-6-16(17)18(3,12-19)14(2)20/h4-11H,1-3H3/t18-,22+/m1/s1. The van der Waals surface area contributed by atoms with E-state index < -0.39 is 16.2 Å². The molecule has 112 valence electrons. The van der Waals surface area contributed by atoms with Crippen molar-refractivity contribution in [1.29, 1.82) is 5.26 Å². The van der Waals surface area contributed by atoms with Crippen LogP contribution in [0.15, 0.2) is 58.3 Å². The zero-order chi connectivity index (χ0) is 16.3. The molecule has 2 atom stereocenters. The highest BCUT2D eigenvalue weighted by Gasteiger charge is 2.35. The molecule has 22 heavy (non-hydrogen) atoms. The summed E-state index contributed by atoms with van der Waals surface area (Å²) >= 11 is 0. The smallest absolute Gasteiger partial charge is 0.154 e. The van der Waals surface area contributed by atoms with Crippen molar-refractivity contribution in [3.63, 3.8) is 0 Å². The van der Waals surface area contributed by atoms with Gasteiger partial charge in [0.25, 0.3) is 0 Å². The van der Waals surface area contributed by atoms with Gasteiger partial charge in [0.2, 0.25) is 0 Å². The van der Waals surface area contributed by atoms with E-state index in [2.05, 4.69) is 6.07 Å². The van der Waals surface area contributed by atoms with Crippen LogP contribution in [-0.4, -0.2) is 9.99 Å². The lowest BCUT2D eigenvalue weighted by Crippen LogP contribution is -2.30. The number of rotatable bonds is 4. The molecule has 0 aliphatic rings. The van der Waals surface area contributed by atoms with Crippen LogP contribution in [0.2, 0.25) is 0 Å². The van der Waals surface area contributed by atoms with Crippen molar-refractivity contribution in [2.75, 3.05) is 0 Å². The van der Waals surface area contributed by atoms with Crippen LogP contribution in [0.5, 0.6) is 0 Å². The van der Waals surface area contributed by atoms with Gasteiger partial charge in [0.05, 0.1) is 16.9 Å². The summed E-state index contributed by atoms with van der Waals surface area (Å²) in [4.78, 5) is 13.1. The Morgan fingerprint density at radius 1 is 1.14 bits per heavy atom. The normalized spacial score (nSPS) is 14.6. The van der Waals surface area contributed by atoms with Gasteiger partial charge in [-0.1, -0.05) is 35.9 Å². The van der Waals surface area contributed by atoms with Crippen molar-refractivity contribution in [1.82, 2.24) is 0 Å². The third kappa shape index (κ3) is 2.86. The van der Waals surface area contributed by atoms with Gasteiger partial charge in [0.15, 0.2) is 5.78 Å². The molecule has 2 rings (SSSR count). The minimum atomic E-state index is -1.43. The molecule has 0 amide bonds. The fourth-order valence-electron chi connectivity index (χ4n) is 2.16. The molecule has 2 aromatic rings. The average Bonchev–Trinajstić information content (AvgIpc) is 2.54. The minimum Gasteiger partial charge on any atom is -0.298 e. The lowest BCUT2D eigenvalue weighted by molar-refractivity contribution is -0.120. The van der Waals surface area contributed by atoms with E-state index >= 15 is 0 Å². The van der Waals surface area contributed by atoms with Gasteiger partial charge in [-0.25, -0.2) is 4.21 Å². The predicted molar refractivity (Wildman–Crippen MR) is 85.9 cm³/mol. The maximum Gasteiger partial charge on any atom is 0.154 e. The van der Waals surface area contributed by atoms with Crippen LogP contribution in [0.25, 0.3) is 0 Å².